The van der Waals surface area contributed by atoms with E-state index in [0.717, 1.165) is 25.7 Å². The van der Waals surface area contributed by atoms with E-state index in [1.54, 1.807) is 18.2 Å². The monoisotopic (exact) mass is 300 g/mol. The van der Waals surface area contributed by atoms with Crippen LogP contribution in [0.2, 0.25) is 5.02 Å². The Balaban J connectivity index is 2.17. The molecule has 0 unspecified atom stereocenters. The van der Waals surface area contributed by atoms with Crippen molar-refractivity contribution in [1.29, 1.82) is 0 Å². The van der Waals surface area contributed by atoms with Gasteiger partial charge in [-0.2, -0.15) is 0 Å². The Morgan fingerprint density at radius 2 is 1.89 bits per heavy atom. The molecule has 0 heterocycles. The van der Waals surface area contributed by atoms with E-state index in [1.807, 2.05) is 0 Å². The molecule has 1 saturated carbocycles. The number of hydrogen-bond acceptors (Lipinski definition) is 3. The van der Waals surface area contributed by atoms with Gasteiger partial charge in [0.1, 0.15) is 10.7 Å². The molecule has 0 amide bonds. The summed E-state index contributed by atoms with van der Waals surface area (Å²) in [5.41, 5.74) is 1.15. The number of Topliss-reactive ketones (excluding diaryl/α,β-unsaturated/α-hetero) is 1. The van der Waals surface area contributed by atoms with Gasteiger partial charge >= 0.3 is 0 Å². The second-order valence-corrected chi connectivity index (χ2v) is 6.39. The predicted molar refractivity (Wildman–Crippen MR) is 76.4 cm³/mol. The summed E-state index contributed by atoms with van der Waals surface area (Å²) in [5.74, 6) is 0.142. The van der Waals surface area contributed by atoms with Crippen LogP contribution in [0.3, 0.4) is 0 Å². The highest BCUT2D eigenvalue weighted by Gasteiger charge is 2.23. The molecular weight excluding hydrogens is 284 g/mol. The fourth-order valence-corrected chi connectivity index (χ4v) is 3.38. The highest BCUT2D eigenvalue weighted by molar-refractivity contribution is 7.71. The maximum Gasteiger partial charge on any atom is 0.167 e. The number of hydrogen-bond donors (Lipinski definition) is 1. The third-order valence-corrected chi connectivity index (χ3v) is 4.52. The summed E-state index contributed by atoms with van der Waals surface area (Å²) in [6.45, 7) is 0. The van der Waals surface area contributed by atoms with Crippen molar-refractivity contribution in [2.24, 2.45) is 5.92 Å². The van der Waals surface area contributed by atoms with Gasteiger partial charge in [-0.25, -0.2) is 8.42 Å². The van der Waals surface area contributed by atoms with E-state index in [9.17, 15) is 13.2 Å². The smallest absolute Gasteiger partial charge is 0.167 e. The van der Waals surface area contributed by atoms with Crippen molar-refractivity contribution in [3.05, 3.63) is 34.3 Å². The highest BCUT2D eigenvalue weighted by atomic mass is 35.5. The number of halogens is 1. The molecule has 0 bridgehead atoms. The molecule has 1 aliphatic rings. The zero-order chi connectivity index (χ0) is 13.8. The van der Waals surface area contributed by atoms with Crippen molar-refractivity contribution < 1.29 is 13.2 Å². The van der Waals surface area contributed by atoms with E-state index in [2.05, 4.69) is 0 Å². The molecule has 1 aliphatic carbocycles. The van der Waals surface area contributed by atoms with Gasteiger partial charge in [-0.15, -0.1) is 0 Å². The Morgan fingerprint density at radius 3 is 2.47 bits per heavy atom. The highest BCUT2D eigenvalue weighted by Crippen LogP contribution is 2.29. The van der Waals surface area contributed by atoms with Crippen LogP contribution in [0.15, 0.2) is 18.2 Å². The second-order valence-electron chi connectivity index (χ2n) is 5.00. The van der Waals surface area contributed by atoms with Crippen LogP contribution in [-0.2, 0) is 16.5 Å². The van der Waals surface area contributed by atoms with E-state index >= 15 is 0 Å². The van der Waals surface area contributed by atoms with Crippen LogP contribution in [0.1, 0.15) is 48.0 Å². The summed E-state index contributed by atoms with van der Waals surface area (Å²) in [6, 6.07) is 4.92. The Hall–Kier alpha value is -0.870. The summed E-state index contributed by atoms with van der Waals surface area (Å²) in [6.07, 6.45) is 5.27. The molecular formula is C14H17ClO3S. The normalized spacial score (nSPS) is 16.7. The Morgan fingerprint density at radius 1 is 1.21 bits per heavy atom. The van der Waals surface area contributed by atoms with Crippen molar-refractivity contribution in [3.63, 3.8) is 0 Å². The average molecular weight is 301 g/mol. The molecule has 104 valence electrons. The zero-order valence-electron chi connectivity index (χ0n) is 10.6. The lowest BCUT2D eigenvalue weighted by Gasteiger charge is -2.20. The third kappa shape index (κ3) is 3.80. The van der Waals surface area contributed by atoms with Crippen molar-refractivity contribution in [1.82, 2.24) is 0 Å². The Bertz CT molecular complexity index is 538. The minimum atomic E-state index is -2.47. The molecule has 19 heavy (non-hydrogen) atoms. The van der Waals surface area contributed by atoms with Gasteiger partial charge in [-0.1, -0.05) is 36.9 Å². The van der Waals surface area contributed by atoms with Gasteiger partial charge in [0.2, 0.25) is 0 Å². The molecule has 0 spiro atoms. The first kappa shape index (κ1) is 14.5. The van der Waals surface area contributed by atoms with E-state index in [1.165, 1.54) is 6.42 Å². The molecule has 1 aromatic rings. The van der Waals surface area contributed by atoms with Gasteiger partial charge in [-0.3, -0.25) is 4.79 Å². The predicted octanol–water partition coefficient (Wildman–Crippen LogP) is 3.21. The van der Waals surface area contributed by atoms with Crippen LogP contribution in [0.4, 0.5) is 0 Å². The lowest BCUT2D eigenvalue weighted by molar-refractivity contribution is 0.0889. The minimum absolute atomic E-state index is 0.0348. The topological polar surface area (TPSA) is 51.2 Å². The standard InChI is InChI=1S/C14H17ClO3S/c15-13-8-10(9-19(17)18)6-7-12(13)14(16)11-4-2-1-3-5-11/h6-8,11,19H,1-5,9H2. The summed E-state index contributed by atoms with van der Waals surface area (Å²) in [4.78, 5) is 12.4. The van der Waals surface area contributed by atoms with Crippen LogP contribution in [0.5, 0.6) is 0 Å². The van der Waals surface area contributed by atoms with Crippen molar-refractivity contribution >= 4 is 28.1 Å². The van der Waals surface area contributed by atoms with E-state index in [-0.39, 0.29) is 17.5 Å². The summed E-state index contributed by atoms with van der Waals surface area (Å²) < 4.78 is 21.3. The van der Waals surface area contributed by atoms with Crippen LogP contribution < -0.4 is 0 Å². The Kier molecular flexibility index (Phi) is 4.99. The van der Waals surface area contributed by atoms with Crippen LogP contribution >= 0.6 is 11.6 Å². The molecule has 1 aromatic carbocycles. The molecule has 0 N–H and O–H groups in total. The first-order valence-electron chi connectivity index (χ1n) is 6.52. The second kappa shape index (κ2) is 6.53. The summed E-state index contributed by atoms with van der Waals surface area (Å²) >= 11 is 6.11. The van der Waals surface area contributed by atoms with Crippen molar-refractivity contribution in [3.8, 4) is 0 Å². The number of carbonyl (C=O) groups is 1. The number of rotatable bonds is 4. The molecule has 0 atom stereocenters. The zero-order valence-corrected chi connectivity index (χ0v) is 12.3. The molecule has 0 aliphatic heterocycles. The summed E-state index contributed by atoms with van der Waals surface area (Å²) in [7, 11) is -2.47. The van der Waals surface area contributed by atoms with Crippen molar-refractivity contribution in [2.45, 2.75) is 37.9 Å². The van der Waals surface area contributed by atoms with E-state index in [0.29, 0.717) is 16.1 Å². The SMILES string of the molecule is O=C(c1ccc(C[SH](=O)=O)cc1Cl)C1CCCCC1. The first-order chi connectivity index (χ1) is 9.08. The molecule has 1 fully saturated rings. The lowest BCUT2D eigenvalue weighted by atomic mass is 9.84. The first-order valence-corrected chi connectivity index (χ1v) is 8.26. The van der Waals surface area contributed by atoms with Crippen LogP contribution in [0.25, 0.3) is 0 Å². The van der Waals surface area contributed by atoms with Crippen LogP contribution in [-0.4, -0.2) is 14.2 Å². The molecule has 0 radical (unpaired) electrons. The molecule has 3 nitrogen and oxygen atoms in total. The minimum Gasteiger partial charge on any atom is -0.294 e. The largest absolute Gasteiger partial charge is 0.294 e. The number of benzene rings is 1. The van der Waals surface area contributed by atoms with Gasteiger partial charge in [-0.05, 0) is 30.5 Å². The fourth-order valence-electron chi connectivity index (χ4n) is 2.59. The van der Waals surface area contributed by atoms with Gasteiger partial charge in [0, 0.05) is 11.5 Å². The molecule has 2 rings (SSSR count). The van der Waals surface area contributed by atoms with E-state index in [4.69, 9.17) is 11.6 Å². The molecule has 0 saturated heterocycles. The average Bonchev–Trinajstić information content (AvgIpc) is 2.38. The molecule has 5 heteroatoms. The summed E-state index contributed by atoms with van der Waals surface area (Å²) in [5, 5.41) is 0.366. The lowest BCUT2D eigenvalue weighted by Crippen LogP contribution is -2.18. The maximum absolute atomic E-state index is 12.4. The quantitative estimate of drug-likeness (QED) is 0.686. The van der Waals surface area contributed by atoms with Gasteiger partial charge < -0.3 is 0 Å². The number of ketones is 1. The number of thiol groups is 1. The fraction of sp³-hybridized carbons (Fsp3) is 0.500. The van der Waals surface area contributed by atoms with Gasteiger partial charge in [0.05, 0.1) is 10.8 Å². The number of carbonyl (C=O) groups excluding carboxylic acids is 1. The Labute approximate surface area is 119 Å². The third-order valence-electron chi connectivity index (χ3n) is 3.59. The van der Waals surface area contributed by atoms with Gasteiger partial charge in [0.25, 0.3) is 0 Å². The van der Waals surface area contributed by atoms with Crippen molar-refractivity contribution in [2.75, 3.05) is 0 Å². The maximum atomic E-state index is 12.4. The van der Waals surface area contributed by atoms with Crippen LogP contribution in [0, 0.1) is 5.92 Å². The van der Waals surface area contributed by atoms with Gasteiger partial charge in [0.15, 0.2) is 5.78 Å². The van der Waals surface area contributed by atoms with E-state index < -0.39 is 10.7 Å². The molecule has 0 aromatic heterocycles.